The SMILES string of the molecule is c1ccc2c(c1)C[C@@H]1CC[C@H](C2)N([C@H]2CCCc3ccccc32)C1. The molecule has 0 spiro atoms. The van der Waals surface area contributed by atoms with Crippen molar-refractivity contribution in [3.8, 4) is 0 Å². The Hall–Kier alpha value is -1.60. The van der Waals surface area contributed by atoms with E-state index in [4.69, 9.17) is 0 Å². The van der Waals surface area contributed by atoms with Crippen molar-refractivity contribution in [1.29, 1.82) is 0 Å². The van der Waals surface area contributed by atoms with Gasteiger partial charge in [0.2, 0.25) is 0 Å². The minimum atomic E-state index is 0.660. The molecule has 1 nitrogen and oxygen atoms in total. The molecule has 124 valence electrons. The monoisotopic (exact) mass is 317 g/mol. The third-order valence-electron chi connectivity index (χ3n) is 6.67. The molecule has 2 heterocycles. The maximum Gasteiger partial charge on any atom is 0.0354 e. The minimum absolute atomic E-state index is 0.660. The number of nitrogens with zero attached hydrogens (tertiary/aromatic N) is 1. The Bertz CT molecular complexity index is 734. The Morgan fingerprint density at radius 1 is 0.750 bits per heavy atom. The molecule has 1 fully saturated rings. The first-order valence-electron chi connectivity index (χ1n) is 9.79. The fourth-order valence-electron chi connectivity index (χ4n) is 5.49. The molecule has 2 bridgehead atoms. The van der Waals surface area contributed by atoms with E-state index in [0.29, 0.717) is 6.04 Å². The minimum Gasteiger partial charge on any atom is -0.293 e. The highest BCUT2D eigenvalue weighted by Crippen LogP contribution is 2.41. The van der Waals surface area contributed by atoms with Crippen LogP contribution in [0.25, 0.3) is 0 Å². The normalized spacial score (nSPS) is 29.4. The van der Waals surface area contributed by atoms with Crippen molar-refractivity contribution in [2.45, 2.75) is 57.0 Å². The fraction of sp³-hybridized carbons (Fsp3) is 0.478. The molecule has 0 N–H and O–H groups in total. The van der Waals surface area contributed by atoms with Gasteiger partial charge in [-0.2, -0.15) is 0 Å². The van der Waals surface area contributed by atoms with Crippen molar-refractivity contribution in [1.82, 2.24) is 4.90 Å². The molecule has 1 heteroatoms. The van der Waals surface area contributed by atoms with Gasteiger partial charge in [-0.3, -0.25) is 4.90 Å². The van der Waals surface area contributed by atoms with Gasteiger partial charge >= 0.3 is 0 Å². The highest BCUT2D eigenvalue weighted by atomic mass is 15.2. The van der Waals surface area contributed by atoms with E-state index in [1.54, 1.807) is 22.3 Å². The van der Waals surface area contributed by atoms with E-state index in [1.807, 2.05) is 0 Å². The summed E-state index contributed by atoms with van der Waals surface area (Å²) in [6, 6.07) is 19.8. The molecule has 3 atom stereocenters. The molecule has 1 saturated heterocycles. The van der Waals surface area contributed by atoms with Crippen LogP contribution >= 0.6 is 0 Å². The van der Waals surface area contributed by atoms with Gasteiger partial charge in [-0.25, -0.2) is 0 Å². The second-order valence-electron chi connectivity index (χ2n) is 8.08. The van der Waals surface area contributed by atoms with Crippen molar-refractivity contribution >= 4 is 0 Å². The second-order valence-corrected chi connectivity index (χ2v) is 8.08. The van der Waals surface area contributed by atoms with Crippen LogP contribution in [0.5, 0.6) is 0 Å². The predicted molar refractivity (Wildman–Crippen MR) is 99.2 cm³/mol. The van der Waals surface area contributed by atoms with Gasteiger partial charge in [0, 0.05) is 18.6 Å². The molecule has 0 unspecified atom stereocenters. The lowest BCUT2D eigenvalue weighted by Gasteiger charge is -2.48. The van der Waals surface area contributed by atoms with Crippen molar-refractivity contribution in [3.05, 3.63) is 70.8 Å². The van der Waals surface area contributed by atoms with E-state index in [0.717, 1.165) is 12.0 Å². The topological polar surface area (TPSA) is 3.24 Å². The highest BCUT2D eigenvalue weighted by Gasteiger charge is 2.37. The molecule has 4 aliphatic rings. The summed E-state index contributed by atoms with van der Waals surface area (Å²) in [5, 5.41) is 0. The molecular weight excluding hydrogens is 290 g/mol. The Morgan fingerprint density at radius 3 is 2.38 bits per heavy atom. The number of fused-ring (bicyclic) bond motifs is 3. The number of rotatable bonds is 1. The highest BCUT2D eigenvalue weighted by molar-refractivity contribution is 5.34. The summed E-state index contributed by atoms with van der Waals surface area (Å²) in [5.41, 5.74) is 6.47. The zero-order chi connectivity index (χ0) is 15.9. The third-order valence-corrected chi connectivity index (χ3v) is 6.67. The molecule has 2 aromatic carbocycles. The average Bonchev–Trinajstić information content (AvgIpc) is 2.61. The molecule has 0 amide bonds. The van der Waals surface area contributed by atoms with Crippen molar-refractivity contribution in [2.24, 2.45) is 5.92 Å². The van der Waals surface area contributed by atoms with Crippen molar-refractivity contribution in [3.63, 3.8) is 0 Å². The third kappa shape index (κ3) is 2.50. The van der Waals surface area contributed by atoms with Crippen LogP contribution in [0.4, 0.5) is 0 Å². The van der Waals surface area contributed by atoms with E-state index in [1.165, 1.54) is 51.5 Å². The molecular formula is C23H27N. The lowest BCUT2D eigenvalue weighted by molar-refractivity contribution is 0.0493. The zero-order valence-corrected chi connectivity index (χ0v) is 14.5. The largest absolute Gasteiger partial charge is 0.293 e. The summed E-state index contributed by atoms with van der Waals surface area (Å²) in [6.07, 6.45) is 9.32. The number of piperidine rings is 1. The van der Waals surface area contributed by atoms with E-state index in [-0.39, 0.29) is 0 Å². The smallest absolute Gasteiger partial charge is 0.0354 e. The average molecular weight is 317 g/mol. The summed E-state index contributed by atoms with van der Waals surface area (Å²) in [7, 11) is 0. The van der Waals surface area contributed by atoms with Crippen LogP contribution < -0.4 is 0 Å². The summed E-state index contributed by atoms with van der Waals surface area (Å²) in [5.74, 6) is 0.844. The summed E-state index contributed by atoms with van der Waals surface area (Å²) >= 11 is 0. The number of benzene rings is 2. The van der Waals surface area contributed by atoms with E-state index in [2.05, 4.69) is 53.4 Å². The van der Waals surface area contributed by atoms with Gasteiger partial charge in [-0.05, 0) is 73.1 Å². The van der Waals surface area contributed by atoms with E-state index < -0.39 is 0 Å². The quantitative estimate of drug-likeness (QED) is 0.720. The Kier molecular flexibility index (Phi) is 3.70. The van der Waals surface area contributed by atoms with Crippen LogP contribution in [0.1, 0.15) is 54.0 Å². The maximum absolute atomic E-state index is 2.90. The van der Waals surface area contributed by atoms with Gasteiger partial charge in [0.1, 0.15) is 0 Å². The molecule has 0 saturated carbocycles. The Morgan fingerprint density at radius 2 is 1.50 bits per heavy atom. The van der Waals surface area contributed by atoms with Crippen molar-refractivity contribution < 1.29 is 0 Å². The van der Waals surface area contributed by atoms with Gasteiger partial charge < -0.3 is 0 Å². The summed E-state index contributed by atoms with van der Waals surface area (Å²) < 4.78 is 0. The molecule has 2 aliphatic carbocycles. The molecule has 2 aromatic rings. The van der Waals surface area contributed by atoms with Crippen LogP contribution in [0.15, 0.2) is 48.5 Å². The first kappa shape index (κ1) is 14.7. The molecule has 0 radical (unpaired) electrons. The lowest BCUT2D eigenvalue weighted by atomic mass is 9.77. The fourth-order valence-corrected chi connectivity index (χ4v) is 5.49. The van der Waals surface area contributed by atoms with Crippen LogP contribution in [-0.4, -0.2) is 17.5 Å². The zero-order valence-electron chi connectivity index (χ0n) is 14.5. The van der Waals surface area contributed by atoms with Gasteiger partial charge in [0.15, 0.2) is 0 Å². The predicted octanol–water partition coefficient (Wildman–Crippen LogP) is 4.94. The molecule has 24 heavy (non-hydrogen) atoms. The summed E-state index contributed by atoms with van der Waals surface area (Å²) in [6.45, 7) is 1.30. The molecule has 6 rings (SSSR count). The Balaban J connectivity index is 1.50. The second kappa shape index (κ2) is 6.04. The summed E-state index contributed by atoms with van der Waals surface area (Å²) in [4.78, 5) is 2.90. The first-order chi connectivity index (χ1) is 11.9. The molecule has 0 aromatic heterocycles. The van der Waals surface area contributed by atoms with Gasteiger partial charge in [0.05, 0.1) is 0 Å². The van der Waals surface area contributed by atoms with Crippen LogP contribution in [0.3, 0.4) is 0 Å². The van der Waals surface area contributed by atoms with Gasteiger partial charge in [-0.15, -0.1) is 0 Å². The van der Waals surface area contributed by atoms with Crippen LogP contribution in [0.2, 0.25) is 0 Å². The van der Waals surface area contributed by atoms with Gasteiger partial charge in [0.25, 0.3) is 0 Å². The Labute approximate surface area is 145 Å². The van der Waals surface area contributed by atoms with Crippen LogP contribution in [-0.2, 0) is 19.3 Å². The van der Waals surface area contributed by atoms with Crippen molar-refractivity contribution in [2.75, 3.05) is 6.54 Å². The number of aryl methyl sites for hydroxylation is 1. The lowest BCUT2D eigenvalue weighted by Crippen LogP contribution is -2.48. The number of hydrogen-bond acceptors (Lipinski definition) is 1. The molecule has 2 aliphatic heterocycles. The standard InChI is InChI=1S/C23H27N/c1-2-8-20-15-21-13-12-17(14-19(20)7-1)16-24(21)23-11-5-9-18-6-3-4-10-22(18)23/h1-4,6-8,10,17,21,23H,5,9,11-16H2/t17-,21+,23-/m0/s1. The van der Waals surface area contributed by atoms with E-state index >= 15 is 0 Å². The van der Waals surface area contributed by atoms with Crippen LogP contribution in [0, 0.1) is 5.92 Å². The van der Waals surface area contributed by atoms with E-state index in [9.17, 15) is 0 Å². The van der Waals surface area contributed by atoms with Gasteiger partial charge in [-0.1, -0.05) is 48.5 Å². The first-order valence-corrected chi connectivity index (χ1v) is 9.79. The number of hydrogen-bond donors (Lipinski definition) is 0. The maximum atomic E-state index is 2.90.